The van der Waals surface area contributed by atoms with Crippen LogP contribution in [0.5, 0.6) is 0 Å². The van der Waals surface area contributed by atoms with E-state index in [-0.39, 0.29) is 5.56 Å². The first kappa shape index (κ1) is 17.2. The van der Waals surface area contributed by atoms with Crippen molar-refractivity contribution in [1.29, 1.82) is 0 Å². The molecule has 142 valence electrons. The highest BCUT2D eigenvalue weighted by atomic mass is 16.2. The van der Waals surface area contributed by atoms with Crippen molar-refractivity contribution >= 4 is 16.8 Å². The zero-order chi connectivity index (χ0) is 20.1. The molecule has 0 amide bonds. The molecule has 0 saturated heterocycles. The van der Waals surface area contributed by atoms with Crippen LogP contribution in [0.1, 0.15) is 0 Å². The Labute approximate surface area is 165 Å². The van der Waals surface area contributed by atoms with E-state index in [9.17, 15) is 9.59 Å². The van der Waals surface area contributed by atoms with E-state index < -0.39 is 5.69 Å². The third kappa shape index (κ3) is 2.46. The monoisotopic (exact) mass is 382 g/mol. The number of hydrogen-bond acceptors (Lipinski definition) is 3. The van der Waals surface area contributed by atoms with Crippen LogP contribution in [0.3, 0.4) is 0 Å². The minimum Gasteiger partial charge on any atom is -0.293 e. The Balaban J connectivity index is 2.01. The fraction of sp³-hybridized carbons (Fsp3) is 0.0870. The largest absolute Gasteiger partial charge is 0.332 e. The van der Waals surface area contributed by atoms with Crippen LogP contribution in [0.4, 0.5) is 0 Å². The molecule has 0 aliphatic heterocycles. The van der Waals surface area contributed by atoms with E-state index in [1.54, 1.807) is 11.4 Å². The van der Waals surface area contributed by atoms with Gasteiger partial charge in [0, 0.05) is 25.9 Å². The minimum absolute atomic E-state index is 0.359. The van der Waals surface area contributed by atoms with Gasteiger partial charge in [-0.15, -0.1) is 0 Å². The molecule has 0 spiro atoms. The highest BCUT2D eigenvalue weighted by Crippen LogP contribution is 2.35. The van der Waals surface area contributed by atoms with Crippen molar-refractivity contribution in [2.75, 3.05) is 0 Å². The summed E-state index contributed by atoms with van der Waals surface area (Å²) in [6.45, 7) is 0. The van der Waals surface area contributed by atoms with E-state index in [1.807, 2.05) is 60.8 Å². The molecule has 2 aromatic carbocycles. The molecule has 0 radical (unpaired) electrons. The van der Waals surface area contributed by atoms with Gasteiger partial charge in [0.2, 0.25) is 0 Å². The molecule has 6 heteroatoms. The summed E-state index contributed by atoms with van der Waals surface area (Å²) in [6.07, 6.45) is 1.85. The fourth-order valence-corrected chi connectivity index (χ4v) is 3.84. The van der Waals surface area contributed by atoms with Gasteiger partial charge in [-0.2, -0.15) is 0 Å². The number of benzene rings is 2. The standard InChI is InChI=1S/C23H18N4O2/c1-25-21-19(22(28)26(2)23(25)29)27-14-13-17(15-9-5-3-6-10-15)18(20(27)24-21)16-11-7-4-8-12-16/h3-14H,1-2H3. The maximum absolute atomic E-state index is 12.9. The molecular weight excluding hydrogens is 364 g/mol. The normalized spacial score (nSPS) is 11.4. The van der Waals surface area contributed by atoms with Crippen LogP contribution in [0.25, 0.3) is 39.1 Å². The Morgan fingerprint density at radius 2 is 1.34 bits per heavy atom. The van der Waals surface area contributed by atoms with Gasteiger partial charge in [0.15, 0.2) is 11.2 Å². The number of aryl methyl sites for hydroxylation is 1. The van der Waals surface area contributed by atoms with Crippen molar-refractivity contribution in [3.63, 3.8) is 0 Å². The number of aromatic nitrogens is 4. The van der Waals surface area contributed by atoms with E-state index in [1.165, 1.54) is 11.6 Å². The highest BCUT2D eigenvalue weighted by molar-refractivity contribution is 5.95. The third-order valence-electron chi connectivity index (χ3n) is 5.32. The number of hydrogen-bond donors (Lipinski definition) is 0. The topological polar surface area (TPSA) is 61.3 Å². The van der Waals surface area contributed by atoms with Crippen molar-refractivity contribution < 1.29 is 0 Å². The van der Waals surface area contributed by atoms with Gasteiger partial charge in [-0.1, -0.05) is 60.7 Å². The van der Waals surface area contributed by atoms with Gasteiger partial charge in [0.05, 0.1) is 0 Å². The fourth-order valence-electron chi connectivity index (χ4n) is 3.84. The average Bonchev–Trinajstić information content (AvgIpc) is 3.16. The Morgan fingerprint density at radius 1 is 0.724 bits per heavy atom. The van der Waals surface area contributed by atoms with E-state index in [2.05, 4.69) is 12.1 Å². The Hall–Kier alpha value is -3.93. The number of rotatable bonds is 2. The van der Waals surface area contributed by atoms with Crippen molar-refractivity contribution in [2.24, 2.45) is 14.1 Å². The molecule has 3 aromatic heterocycles. The van der Waals surface area contributed by atoms with E-state index >= 15 is 0 Å². The molecule has 0 unspecified atom stereocenters. The molecule has 0 atom stereocenters. The molecule has 6 nitrogen and oxygen atoms in total. The molecule has 5 aromatic rings. The summed E-state index contributed by atoms with van der Waals surface area (Å²) in [5.41, 5.74) is 4.65. The second kappa shape index (κ2) is 6.31. The number of nitrogens with zero attached hydrogens (tertiary/aromatic N) is 4. The van der Waals surface area contributed by atoms with Crippen LogP contribution in [0.2, 0.25) is 0 Å². The third-order valence-corrected chi connectivity index (χ3v) is 5.32. The lowest BCUT2D eigenvalue weighted by Crippen LogP contribution is -2.37. The van der Waals surface area contributed by atoms with Crippen molar-refractivity contribution in [2.45, 2.75) is 0 Å². The van der Waals surface area contributed by atoms with Crippen LogP contribution in [-0.4, -0.2) is 18.5 Å². The van der Waals surface area contributed by atoms with Crippen LogP contribution < -0.4 is 11.2 Å². The molecule has 0 fully saturated rings. The zero-order valence-electron chi connectivity index (χ0n) is 16.0. The molecule has 29 heavy (non-hydrogen) atoms. The zero-order valence-corrected chi connectivity index (χ0v) is 16.0. The summed E-state index contributed by atoms with van der Waals surface area (Å²) in [6, 6.07) is 22.0. The first-order valence-electron chi connectivity index (χ1n) is 9.29. The minimum atomic E-state index is -0.393. The second-order valence-corrected chi connectivity index (χ2v) is 7.02. The molecule has 0 saturated carbocycles. The molecule has 5 rings (SSSR count). The highest BCUT2D eigenvalue weighted by Gasteiger charge is 2.20. The predicted octanol–water partition coefficient (Wildman–Crippen LogP) is 3.22. The van der Waals surface area contributed by atoms with Gasteiger partial charge in [-0.05, 0) is 22.8 Å². The molecule has 0 N–H and O–H groups in total. The van der Waals surface area contributed by atoms with E-state index in [0.717, 1.165) is 26.8 Å². The summed E-state index contributed by atoms with van der Waals surface area (Å²) in [5.74, 6) is 0. The van der Waals surface area contributed by atoms with Crippen LogP contribution in [0.15, 0.2) is 82.5 Å². The second-order valence-electron chi connectivity index (χ2n) is 7.02. The van der Waals surface area contributed by atoms with E-state index in [4.69, 9.17) is 4.98 Å². The first-order valence-corrected chi connectivity index (χ1v) is 9.29. The lowest BCUT2D eigenvalue weighted by Gasteiger charge is -2.12. The lowest BCUT2D eigenvalue weighted by atomic mass is 9.96. The van der Waals surface area contributed by atoms with E-state index in [0.29, 0.717) is 16.8 Å². The predicted molar refractivity (Wildman–Crippen MR) is 114 cm³/mol. The first-order chi connectivity index (χ1) is 14.1. The summed E-state index contributed by atoms with van der Waals surface area (Å²) >= 11 is 0. The van der Waals surface area contributed by atoms with Gasteiger partial charge in [0.25, 0.3) is 5.56 Å². The maximum Gasteiger partial charge on any atom is 0.332 e. The van der Waals surface area contributed by atoms with Gasteiger partial charge >= 0.3 is 5.69 Å². The molecule has 3 heterocycles. The van der Waals surface area contributed by atoms with Crippen LogP contribution >= 0.6 is 0 Å². The van der Waals surface area contributed by atoms with Crippen molar-refractivity contribution in [3.8, 4) is 22.3 Å². The van der Waals surface area contributed by atoms with Gasteiger partial charge in [-0.3, -0.25) is 18.3 Å². The van der Waals surface area contributed by atoms with Crippen LogP contribution in [-0.2, 0) is 14.1 Å². The number of fused-ring (bicyclic) bond motifs is 3. The molecule has 0 bridgehead atoms. The van der Waals surface area contributed by atoms with Crippen molar-refractivity contribution in [3.05, 3.63) is 93.8 Å². The Bertz CT molecular complexity index is 1490. The summed E-state index contributed by atoms with van der Waals surface area (Å²) < 4.78 is 4.32. The molecular formula is C23H18N4O2. The quantitative estimate of drug-likeness (QED) is 0.471. The summed E-state index contributed by atoms with van der Waals surface area (Å²) in [7, 11) is 3.12. The van der Waals surface area contributed by atoms with Gasteiger partial charge < -0.3 is 0 Å². The van der Waals surface area contributed by atoms with Crippen LogP contribution in [0, 0.1) is 0 Å². The lowest BCUT2D eigenvalue weighted by molar-refractivity contribution is 0.708. The molecule has 0 aliphatic carbocycles. The smallest absolute Gasteiger partial charge is 0.293 e. The Kier molecular flexibility index (Phi) is 3.74. The number of imidazole rings is 1. The average molecular weight is 382 g/mol. The SMILES string of the molecule is Cn1c(=O)c2c(nc3c(-c4ccccc4)c(-c4ccccc4)ccn32)n(C)c1=O. The van der Waals surface area contributed by atoms with Crippen molar-refractivity contribution in [1.82, 2.24) is 18.5 Å². The summed E-state index contributed by atoms with van der Waals surface area (Å²) in [4.78, 5) is 30.0. The van der Waals surface area contributed by atoms with Gasteiger partial charge in [-0.25, -0.2) is 9.78 Å². The maximum atomic E-state index is 12.9. The summed E-state index contributed by atoms with van der Waals surface area (Å²) in [5, 5.41) is 0. The Morgan fingerprint density at radius 3 is 2.00 bits per heavy atom. The number of pyridine rings is 1. The molecule has 0 aliphatic rings. The van der Waals surface area contributed by atoms with Gasteiger partial charge in [0.1, 0.15) is 5.65 Å².